The number of carbonyl (C=O) groups excluding carboxylic acids is 1. The molecule has 0 N–H and O–H groups in total. The van der Waals surface area contributed by atoms with Crippen LogP contribution in [-0.4, -0.2) is 38.2 Å². The first-order valence-corrected chi connectivity index (χ1v) is 8.98. The van der Waals surface area contributed by atoms with Crippen LogP contribution in [0, 0.1) is 0 Å². The van der Waals surface area contributed by atoms with Gasteiger partial charge in [-0.15, -0.1) is 11.3 Å². The van der Waals surface area contributed by atoms with Gasteiger partial charge in [0.1, 0.15) is 10.7 Å². The lowest BCUT2D eigenvalue weighted by molar-refractivity contribution is 0.0716. The van der Waals surface area contributed by atoms with Gasteiger partial charge in [-0.3, -0.25) is 9.48 Å². The van der Waals surface area contributed by atoms with Crippen molar-refractivity contribution in [1.29, 1.82) is 0 Å². The van der Waals surface area contributed by atoms with Crippen molar-refractivity contribution in [2.45, 2.75) is 25.4 Å². The van der Waals surface area contributed by atoms with Crippen LogP contribution in [0.3, 0.4) is 0 Å². The molecule has 4 rings (SSSR count). The first kappa shape index (κ1) is 15.1. The van der Waals surface area contributed by atoms with Gasteiger partial charge in [-0.05, 0) is 18.9 Å². The Morgan fingerprint density at radius 2 is 2.12 bits per heavy atom. The zero-order valence-electron chi connectivity index (χ0n) is 13.2. The minimum absolute atomic E-state index is 0.0306. The molecule has 122 valence electrons. The van der Waals surface area contributed by atoms with Crippen LogP contribution >= 0.6 is 11.3 Å². The van der Waals surface area contributed by atoms with Gasteiger partial charge in [0.2, 0.25) is 0 Å². The summed E-state index contributed by atoms with van der Waals surface area (Å²) in [5, 5.41) is 7.01. The third-order valence-electron chi connectivity index (χ3n) is 4.34. The van der Waals surface area contributed by atoms with Crippen LogP contribution in [0.25, 0.3) is 10.6 Å². The van der Waals surface area contributed by atoms with Gasteiger partial charge in [0, 0.05) is 29.9 Å². The van der Waals surface area contributed by atoms with E-state index in [1.54, 1.807) is 6.20 Å². The van der Waals surface area contributed by atoms with E-state index in [0.717, 1.165) is 36.5 Å². The number of hydrogen-bond acceptors (Lipinski definition) is 4. The highest BCUT2D eigenvalue weighted by Gasteiger charge is 2.31. The minimum Gasteiger partial charge on any atom is -0.332 e. The van der Waals surface area contributed by atoms with Crippen molar-refractivity contribution in [2.24, 2.45) is 0 Å². The lowest BCUT2D eigenvalue weighted by Gasteiger charge is -2.23. The molecule has 6 heteroatoms. The molecule has 0 unspecified atom stereocenters. The standard InChI is InChI=1S/C18H18N4OS/c23-18(16-13-24-17(20-16)14-6-2-1-3-7-14)22-11-4-8-15(22)12-21-10-5-9-19-21/h1-3,5-7,9-10,13,15H,4,8,11-12H2/t15-/m0/s1. The zero-order chi connectivity index (χ0) is 16.4. The molecule has 3 heterocycles. The molecule has 1 aliphatic heterocycles. The molecule has 24 heavy (non-hydrogen) atoms. The molecule has 1 amide bonds. The number of rotatable bonds is 4. The van der Waals surface area contributed by atoms with E-state index >= 15 is 0 Å². The summed E-state index contributed by atoms with van der Waals surface area (Å²) < 4.78 is 1.90. The summed E-state index contributed by atoms with van der Waals surface area (Å²) >= 11 is 1.52. The third kappa shape index (κ3) is 2.97. The molecule has 1 atom stereocenters. The number of benzene rings is 1. The normalized spacial score (nSPS) is 17.3. The van der Waals surface area contributed by atoms with Crippen LogP contribution in [0.2, 0.25) is 0 Å². The van der Waals surface area contributed by atoms with Crippen molar-refractivity contribution in [3.05, 3.63) is 59.9 Å². The van der Waals surface area contributed by atoms with Crippen molar-refractivity contribution in [1.82, 2.24) is 19.7 Å². The van der Waals surface area contributed by atoms with E-state index in [9.17, 15) is 4.79 Å². The molecule has 0 aliphatic carbocycles. The average Bonchev–Trinajstić information content (AvgIpc) is 3.37. The molecule has 3 aromatic rings. The largest absolute Gasteiger partial charge is 0.332 e. The van der Waals surface area contributed by atoms with Gasteiger partial charge >= 0.3 is 0 Å². The SMILES string of the molecule is O=C(c1csc(-c2ccccc2)n1)N1CCC[C@H]1Cn1cccn1. The van der Waals surface area contributed by atoms with Gasteiger partial charge in [0.15, 0.2) is 0 Å². The Morgan fingerprint density at radius 3 is 2.92 bits per heavy atom. The molecule has 1 aliphatic rings. The van der Waals surface area contributed by atoms with E-state index in [0.29, 0.717) is 5.69 Å². The van der Waals surface area contributed by atoms with Crippen LogP contribution in [0.5, 0.6) is 0 Å². The Morgan fingerprint density at radius 1 is 1.25 bits per heavy atom. The van der Waals surface area contributed by atoms with Crippen LogP contribution in [0.1, 0.15) is 23.3 Å². The zero-order valence-corrected chi connectivity index (χ0v) is 14.0. The maximum atomic E-state index is 12.9. The fourth-order valence-electron chi connectivity index (χ4n) is 3.15. The second-order valence-electron chi connectivity index (χ2n) is 5.93. The number of hydrogen-bond donors (Lipinski definition) is 0. The first-order chi connectivity index (χ1) is 11.8. The van der Waals surface area contributed by atoms with Gasteiger partial charge in [-0.2, -0.15) is 5.10 Å². The van der Waals surface area contributed by atoms with E-state index in [1.807, 2.05) is 57.6 Å². The van der Waals surface area contributed by atoms with Crippen molar-refractivity contribution in [2.75, 3.05) is 6.54 Å². The molecule has 1 aromatic carbocycles. The fourth-order valence-corrected chi connectivity index (χ4v) is 3.95. The minimum atomic E-state index is 0.0306. The molecule has 5 nitrogen and oxygen atoms in total. The number of nitrogens with zero attached hydrogens (tertiary/aromatic N) is 4. The van der Waals surface area contributed by atoms with Gasteiger partial charge in [-0.25, -0.2) is 4.98 Å². The molecular weight excluding hydrogens is 320 g/mol. The van der Waals surface area contributed by atoms with Crippen LogP contribution in [-0.2, 0) is 6.54 Å². The highest BCUT2D eigenvalue weighted by Crippen LogP contribution is 2.26. The summed E-state index contributed by atoms with van der Waals surface area (Å²) in [6, 6.07) is 12.1. The molecule has 0 spiro atoms. The molecule has 1 saturated heterocycles. The summed E-state index contributed by atoms with van der Waals surface area (Å²) in [4.78, 5) is 19.4. The van der Waals surface area contributed by atoms with E-state index < -0.39 is 0 Å². The van der Waals surface area contributed by atoms with Crippen molar-refractivity contribution >= 4 is 17.2 Å². The van der Waals surface area contributed by atoms with Crippen molar-refractivity contribution in [3.63, 3.8) is 0 Å². The lowest BCUT2D eigenvalue weighted by Crippen LogP contribution is -2.38. The summed E-state index contributed by atoms with van der Waals surface area (Å²) in [6.45, 7) is 1.54. The first-order valence-electron chi connectivity index (χ1n) is 8.10. The highest BCUT2D eigenvalue weighted by molar-refractivity contribution is 7.13. The Hall–Kier alpha value is -2.47. The topological polar surface area (TPSA) is 51.0 Å². The Bertz CT molecular complexity index is 813. The highest BCUT2D eigenvalue weighted by atomic mass is 32.1. The monoisotopic (exact) mass is 338 g/mol. The Labute approximate surface area is 144 Å². The van der Waals surface area contributed by atoms with Gasteiger partial charge in [-0.1, -0.05) is 30.3 Å². The van der Waals surface area contributed by atoms with Crippen LogP contribution in [0.15, 0.2) is 54.2 Å². The number of amides is 1. The van der Waals surface area contributed by atoms with Crippen LogP contribution < -0.4 is 0 Å². The smallest absolute Gasteiger partial charge is 0.273 e. The number of thiazole rings is 1. The molecular formula is C18H18N4OS. The van der Waals surface area contributed by atoms with E-state index in [1.165, 1.54) is 11.3 Å². The van der Waals surface area contributed by atoms with Crippen molar-refractivity contribution in [3.8, 4) is 10.6 Å². The number of aromatic nitrogens is 3. The van der Waals surface area contributed by atoms with Crippen molar-refractivity contribution < 1.29 is 4.79 Å². The maximum absolute atomic E-state index is 12.9. The van der Waals surface area contributed by atoms with Crippen LogP contribution in [0.4, 0.5) is 0 Å². The lowest BCUT2D eigenvalue weighted by atomic mass is 10.2. The molecule has 0 bridgehead atoms. The molecule has 2 aromatic heterocycles. The fraction of sp³-hybridized carbons (Fsp3) is 0.278. The average molecular weight is 338 g/mol. The molecule has 1 fully saturated rings. The summed E-state index contributed by atoms with van der Waals surface area (Å²) in [5.41, 5.74) is 1.60. The van der Waals surface area contributed by atoms with E-state index in [-0.39, 0.29) is 11.9 Å². The number of likely N-dealkylation sites (tertiary alicyclic amines) is 1. The third-order valence-corrected chi connectivity index (χ3v) is 5.23. The number of carbonyl (C=O) groups is 1. The predicted octanol–water partition coefficient (Wildman–Crippen LogP) is 3.31. The van der Waals surface area contributed by atoms with Gasteiger partial charge in [0.25, 0.3) is 5.91 Å². The quantitative estimate of drug-likeness (QED) is 0.733. The Balaban J connectivity index is 1.52. The van der Waals surface area contributed by atoms with Gasteiger partial charge in [0.05, 0.1) is 12.6 Å². The second kappa shape index (κ2) is 6.57. The Kier molecular flexibility index (Phi) is 4.13. The maximum Gasteiger partial charge on any atom is 0.273 e. The summed E-state index contributed by atoms with van der Waals surface area (Å²) in [6.07, 6.45) is 5.76. The molecule has 0 radical (unpaired) electrons. The summed E-state index contributed by atoms with van der Waals surface area (Å²) in [5.74, 6) is 0.0306. The second-order valence-corrected chi connectivity index (χ2v) is 6.78. The molecule has 0 saturated carbocycles. The summed E-state index contributed by atoms with van der Waals surface area (Å²) in [7, 11) is 0. The van der Waals surface area contributed by atoms with E-state index in [4.69, 9.17) is 0 Å². The predicted molar refractivity (Wildman–Crippen MR) is 93.8 cm³/mol. The van der Waals surface area contributed by atoms with Gasteiger partial charge < -0.3 is 4.90 Å². The van der Waals surface area contributed by atoms with E-state index in [2.05, 4.69) is 10.1 Å².